The van der Waals surface area contributed by atoms with Gasteiger partial charge in [0.1, 0.15) is 23.0 Å². The molecule has 166 valence electrons. The lowest BCUT2D eigenvalue weighted by atomic mass is 9.73. The summed E-state index contributed by atoms with van der Waals surface area (Å²) in [6.07, 6.45) is 4.74. The molecule has 5 rings (SSSR count). The first-order valence-electron chi connectivity index (χ1n) is 11.4. The maximum Gasteiger partial charge on any atom is 0.127 e. The predicted octanol–water partition coefficient (Wildman–Crippen LogP) is 7.30. The first-order chi connectivity index (χ1) is 16.1. The minimum atomic E-state index is 0.0272. The molecule has 0 unspecified atom stereocenters. The van der Waals surface area contributed by atoms with Crippen LogP contribution < -0.4 is 20.9 Å². The van der Waals surface area contributed by atoms with Crippen molar-refractivity contribution >= 4 is 11.4 Å². The van der Waals surface area contributed by atoms with Crippen molar-refractivity contribution in [2.75, 3.05) is 11.5 Å². The zero-order valence-corrected chi connectivity index (χ0v) is 18.5. The van der Waals surface area contributed by atoms with E-state index in [0.717, 1.165) is 47.2 Å². The average Bonchev–Trinajstić information content (AvgIpc) is 3.34. The van der Waals surface area contributed by atoms with E-state index in [2.05, 4.69) is 48.5 Å². The van der Waals surface area contributed by atoms with Gasteiger partial charge in [0, 0.05) is 16.8 Å². The van der Waals surface area contributed by atoms with Crippen molar-refractivity contribution in [1.82, 2.24) is 0 Å². The van der Waals surface area contributed by atoms with Crippen LogP contribution in [-0.2, 0) is 5.41 Å². The minimum absolute atomic E-state index is 0.0272. The van der Waals surface area contributed by atoms with Gasteiger partial charge in [-0.2, -0.15) is 0 Å². The molecule has 4 heteroatoms. The van der Waals surface area contributed by atoms with Crippen LogP contribution in [-0.4, -0.2) is 0 Å². The van der Waals surface area contributed by atoms with Gasteiger partial charge >= 0.3 is 0 Å². The monoisotopic (exact) mass is 436 g/mol. The van der Waals surface area contributed by atoms with Gasteiger partial charge in [0.25, 0.3) is 0 Å². The van der Waals surface area contributed by atoms with Crippen LogP contribution in [0.5, 0.6) is 23.0 Å². The Hall–Kier alpha value is -3.92. The molecule has 0 bridgehead atoms. The summed E-state index contributed by atoms with van der Waals surface area (Å²) in [6, 6.07) is 32.0. The van der Waals surface area contributed by atoms with Gasteiger partial charge in [-0.05, 0) is 96.8 Å². The Kier molecular flexibility index (Phi) is 5.66. The second-order valence-electron chi connectivity index (χ2n) is 8.68. The highest BCUT2D eigenvalue weighted by atomic mass is 16.5. The fourth-order valence-electron chi connectivity index (χ4n) is 4.75. The van der Waals surface area contributed by atoms with Gasteiger partial charge in [0.05, 0.1) is 0 Å². The SMILES string of the molecule is Nc1ccc(Oc2ccc(C3(c4ccc(Oc5ccc(N)cc5)cc4)CCCC3)cc2)cc1. The number of ether oxygens (including phenoxy) is 2. The third-order valence-electron chi connectivity index (χ3n) is 6.50. The van der Waals surface area contributed by atoms with Gasteiger partial charge in [-0.1, -0.05) is 37.1 Å². The molecule has 0 radical (unpaired) electrons. The van der Waals surface area contributed by atoms with Crippen molar-refractivity contribution in [3.8, 4) is 23.0 Å². The van der Waals surface area contributed by atoms with Crippen LogP contribution in [0.3, 0.4) is 0 Å². The lowest BCUT2D eigenvalue weighted by Crippen LogP contribution is -2.23. The number of hydrogen-bond acceptors (Lipinski definition) is 4. The summed E-state index contributed by atoms with van der Waals surface area (Å²) in [7, 11) is 0. The van der Waals surface area contributed by atoms with Crippen LogP contribution in [0.1, 0.15) is 36.8 Å². The summed E-state index contributed by atoms with van der Waals surface area (Å²) >= 11 is 0. The van der Waals surface area contributed by atoms with Crippen molar-refractivity contribution in [3.05, 3.63) is 108 Å². The largest absolute Gasteiger partial charge is 0.457 e. The van der Waals surface area contributed by atoms with Crippen molar-refractivity contribution < 1.29 is 9.47 Å². The van der Waals surface area contributed by atoms with Crippen LogP contribution in [0.25, 0.3) is 0 Å². The molecule has 1 aliphatic carbocycles. The van der Waals surface area contributed by atoms with Gasteiger partial charge < -0.3 is 20.9 Å². The van der Waals surface area contributed by atoms with Crippen LogP contribution >= 0.6 is 0 Å². The van der Waals surface area contributed by atoms with E-state index in [0.29, 0.717) is 0 Å². The molecule has 1 aliphatic rings. The smallest absolute Gasteiger partial charge is 0.127 e. The zero-order valence-electron chi connectivity index (χ0n) is 18.5. The number of hydrogen-bond donors (Lipinski definition) is 2. The molecule has 4 nitrogen and oxygen atoms in total. The first kappa shape index (κ1) is 21.0. The molecule has 1 fully saturated rings. The Morgan fingerprint density at radius 2 is 0.758 bits per heavy atom. The van der Waals surface area contributed by atoms with Crippen LogP contribution in [0.15, 0.2) is 97.1 Å². The summed E-state index contributed by atoms with van der Waals surface area (Å²) in [5, 5.41) is 0. The topological polar surface area (TPSA) is 70.5 Å². The molecule has 33 heavy (non-hydrogen) atoms. The van der Waals surface area contributed by atoms with Gasteiger partial charge in [0.2, 0.25) is 0 Å². The Morgan fingerprint density at radius 3 is 1.09 bits per heavy atom. The molecule has 4 aromatic rings. The Labute approximate surface area is 194 Å². The minimum Gasteiger partial charge on any atom is -0.457 e. The van der Waals surface area contributed by atoms with Gasteiger partial charge in [0.15, 0.2) is 0 Å². The van der Waals surface area contributed by atoms with Crippen molar-refractivity contribution in [2.45, 2.75) is 31.1 Å². The molecular formula is C29H28N2O2. The highest BCUT2D eigenvalue weighted by Crippen LogP contribution is 2.47. The summed E-state index contributed by atoms with van der Waals surface area (Å²) in [4.78, 5) is 0. The molecular weight excluding hydrogens is 408 g/mol. The zero-order chi connectivity index (χ0) is 22.7. The summed E-state index contributed by atoms with van der Waals surface area (Å²) < 4.78 is 12.0. The number of rotatable bonds is 6. The molecule has 4 aromatic carbocycles. The third kappa shape index (κ3) is 4.51. The third-order valence-corrected chi connectivity index (χ3v) is 6.50. The fourth-order valence-corrected chi connectivity index (χ4v) is 4.75. The number of benzene rings is 4. The van der Waals surface area contributed by atoms with Gasteiger partial charge in [-0.25, -0.2) is 0 Å². The molecule has 0 atom stereocenters. The summed E-state index contributed by atoms with van der Waals surface area (Å²) in [5.41, 5.74) is 15.7. The van der Waals surface area contributed by atoms with Crippen molar-refractivity contribution in [3.63, 3.8) is 0 Å². The highest BCUT2D eigenvalue weighted by molar-refractivity contribution is 5.47. The van der Waals surface area contributed by atoms with Crippen LogP contribution in [0, 0.1) is 0 Å². The van der Waals surface area contributed by atoms with E-state index < -0.39 is 0 Å². The first-order valence-corrected chi connectivity index (χ1v) is 11.4. The molecule has 0 aliphatic heterocycles. The molecule has 0 heterocycles. The standard InChI is InChI=1S/C29H28N2O2/c30-23-7-15-27(16-8-23)32-25-11-3-21(4-12-25)29(19-1-2-20-29)22-5-13-26(14-6-22)33-28-17-9-24(31)10-18-28/h3-18H,1-2,19-20,30-31H2. The fraction of sp³-hybridized carbons (Fsp3) is 0.172. The average molecular weight is 437 g/mol. The lowest BCUT2D eigenvalue weighted by molar-refractivity contribution is 0.478. The molecule has 1 saturated carbocycles. The highest BCUT2D eigenvalue weighted by Gasteiger charge is 2.37. The quantitative estimate of drug-likeness (QED) is 0.311. The van der Waals surface area contributed by atoms with Crippen molar-refractivity contribution in [1.29, 1.82) is 0 Å². The van der Waals surface area contributed by atoms with E-state index in [-0.39, 0.29) is 5.41 Å². The molecule has 0 aromatic heterocycles. The Balaban J connectivity index is 1.36. The van der Waals surface area contributed by atoms with E-state index >= 15 is 0 Å². The Morgan fingerprint density at radius 1 is 0.455 bits per heavy atom. The molecule has 4 N–H and O–H groups in total. The normalized spacial score (nSPS) is 14.7. The van der Waals surface area contributed by atoms with E-state index in [1.807, 2.05) is 48.5 Å². The molecule has 0 saturated heterocycles. The maximum atomic E-state index is 5.99. The van der Waals surface area contributed by atoms with Gasteiger partial charge in [-0.15, -0.1) is 0 Å². The van der Waals surface area contributed by atoms with Gasteiger partial charge in [-0.3, -0.25) is 0 Å². The predicted molar refractivity (Wildman–Crippen MR) is 134 cm³/mol. The van der Waals surface area contributed by atoms with Crippen molar-refractivity contribution in [2.24, 2.45) is 0 Å². The number of anilines is 2. The number of nitrogen functional groups attached to an aromatic ring is 2. The van der Waals surface area contributed by atoms with E-state index in [9.17, 15) is 0 Å². The van der Waals surface area contributed by atoms with E-state index in [1.54, 1.807) is 0 Å². The van der Waals surface area contributed by atoms with Crippen LogP contribution in [0.2, 0.25) is 0 Å². The van der Waals surface area contributed by atoms with Crippen LogP contribution in [0.4, 0.5) is 11.4 Å². The molecule has 0 spiro atoms. The van der Waals surface area contributed by atoms with E-state index in [1.165, 1.54) is 24.0 Å². The van der Waals surface area contributed by atoms with E-state index in [4.69, 9.17) is 20.9 Å². The Bertz CT molecular complexity index is 1100. The maximum absolute atomic E-state index is 5.99. The summed E-state index contributed by atoms with van der Waals surface area (Å²) in [6.45, 7) is 0. The second kappa shape index (κ2) is 8.91. The second-order valence-corrected chi connectivity index (χ2v) is 8.68. The summed E-state index contributed by atoms with van der Waals surface area (Å²) in [5.74, 6) is 3.21. The number of nitrogens with two attached hydrogens (primary N) is 2. The lowest BCUT2D eigenvalue weighted by Gasteiger charge is -2.31. The molecule has 0 amide bonds.